The average Bonchev–Trinajstić information content (AvgIpc) is 3.52. The molecule has 12 heteroatoms. The number of hydrogen-bond donors (Lipinski definition) is 2. The van der Waals surface area contributed by atoms with Gasteiger partial charge in [0.1, 0.15) is 12.4 Å². The highest BCUT2D eigenvalue weighted by Gasteiger charge is 2.42. The third-order valence-corrected chi connectivity index (χ3v) is 5.98. The first kappa shape index (κ1) is 25.6. The number of nitrogens with zero attached hydrogens (tertiary/aromatic N) is 2. The van der Waals surface area contributed by atoms with E-state index in [1.807, 2.05) is 0 Å². The van der Waals surface area contributed by atoms with Crippen LogP contribution in [0.3, 0.4) is 0 Å². The highest BCUT2D eigenvalue weighted by Crippen LogP contribution is 2.25. The minimum Gasteiger partial charge on any atom is -0.490 e. The SMILES string of the molecule is CCC(=O)C(N)(Cc1ccc(OCC2CN(c3ccc(-c4noc(=O)[nH]4)cc3)C(=O)O2)cc1)C(=O)OC. The number of anilines is 1. The van der Waals surface area contributed by atoms with Gasteiger partial charge in [-0.05, 0) is 42.0 Å². The van der Waals surface area contributed by atoms with Crippen LogP contribution in [0.1, 0.15) is 18.9 Å². The van der Waals surface area contributed by atoms with Crippen molar-refractivity contribution in [1.29, 1.82) is 0 Å². The number of carbonyl (C=O) groups excluding carboxylic acids is 3. The Morgan fingerprint density at radius 1 is 1.16 bits per heavy atom. The van der Waals surface area contributed by atoms with Crippen molar-refractivity contribution >= 4 is 23.5 Å². The van der Waals surface area contributed by atoms with Gasteiger partial charge in [0, 0.05) is 24.1 Å². The lowest BCUT2D eigenvalue weighted by Gasteiger charge is -2.24. The Morgan fingerprint density at radius 3 is 2.46 bits per heavy atom. The number of hydrogen-bond acceptors (Lipinski definition) is 10. The number of rotatable bonds is 10. The number of methoxy groups -OCH3 is 1. The molecule has 0 bridgehead atoms. The number of cyclic esters (lactones) is 1. The van der Waals surface area contributed by atoms with Crippen LogP contribution in [0, 0.1) is 0 Å². The number of amides is 1. The van der Waals surface area contributed by atoms with E-state index in [-0.39, 0.29) is 31.8 Å². The molecule has 1 aliphatic heterocycles. The summed E-state index contributed by atoms with van der Waals surface area (Å²) in [5.74, 6) is -1.03. The van der Waals surface area contributed by atoms with Crippen molar-refractivity contribution in [3.63, 3.8) is 0 Å². The number of nitrogens with two attached hydrogens (primary N) is 1. The van der Waals surface area contributed by atoms with Crippen LogP contribution in [0.25, 0.3) is 11.4 Å². The van der Waals surface area contributed by atoms with E-state index in [1.165, 1.54) is 12.0 Å². The maximum Gasteiger partial charge on any atom is 0.439 e. The van der Waals surface area contributed by atoms with E-state index < -0.39 is 35.2 Å². The molecule has 4 rings (SSSR count). The largest absolute Gasteiger partial charge is 0.490 e. The maximum absolute atomic E-state index is 12.4. The van der Waals surface area contributed by atoms with Gasteiger partial charge in [-0.1, -0.05) is 24.2 Å². The van der Waals surface area contributed by atoms with E-state index in [4.69, 9.17) is 19.9 Å². The number of aromatic amines is 1. The summed E-state index contributed by atoms with van der Waals surface area (Å²) in [6, 6.07) is 13.6. The molecule has 0 spiro atoms. The summed E-state index contributed by atoms with van der Waals surface area (Å²) < 4.78 is 20.4. The normalized spacial score (nSPS) is 16.7. The first-order valence-electron chi connectivity index (χ1n) is 11.5. The van der Waals surface area contributed by atoms with E-state index in [2.05, 4.69) is 14.7 Å². The maximum atomic E-state index is 12.4. The molecule has 0 aliphatic carbocycles. The summed E-state index contributed by atoms with van der Waals surface area (Å²) in [6.45, 7) is 2.04. The second-order valence-corrected chi connectivity index (χ2v) is 8.48. The monoisotopic (exact) mass is 510 g/mol. The third kappa shape index (κ3) is 5.54. The van der Waals surface area contributed by atoms with Crippen molar-refractivity contribution in [3.05, 3.63) is 64.6 Å². The van der Waals surface area contributed by atoms with Gasteiger partial charge in [0.15, 0.2) is 23.3 Å². The predicted molar refractivity (Wildman–Crippen MR) is 130 cm³/mol. The standard InChI is InChI=1S/C25H26N4O8/c1-3-20(30)25(26,22(31)34-2)12-15-4-10-18(11-5-15)35-14-19-13-29(24(33)36-19)17-8-6-16(7-9-17)21-27-23(32)37-28-21/h4-11,19H,3,12-14,26H2,1-2H3,(H,27,28,32). The molecule has 1 aliphatic rings. The van der Waals surface area contributed by atoms with Gasteiger partial charge < -0.3 is 19.9 Å². The Bertz CT molecular complexity index is 1310. The summed E-state index contributed by atoms with van der Waals surface area (Å²) in [4.78, 5) is 51.9. The second-order valence-electron chi connectivity index (χ2n) is 8.48. The lowest BCUT2D eigenvalue weighted by atomic mass is 9.86. The fourth-order valence-corrected chi connectivity index (χ4v) is 3.97. The molecule has 37 heavy (non-hydrogen) atoms. The highest BCUT2D eigenvalue weighted by molar-refractivity contribution is 6.08. The molecule has 194 valence electrons. The third-order valence-electron chi connectivity index (χ3n) is 5.98. The van der Waals surface area contributed by atoms with Crippen LogP contribution in [0.15, 0.2) is 57.8 Å². The van der Waals surface area contributed by atoms with Crippen LogP contribution in [-0.2, 0) is 25.5 Å². The molecule has 2 aromatic carbocycles. The van der Waals surface area contributed by atoms with Crippen molar-refractivity contribution in [2.75, 3.05) is 25.2 Å². The van der Waals surface area contributed by atoms with Crippen LogP contribution in [0.4, 0.5) is 10.5 Å². The van der Waals surface area contributed by atoms with Crippen molar-refractivity contribution < 1.29 is 33.1 Å². The van der Waals surface area contributed by atoms with Gasteiger partial charge in [-0.25, -0.2) is 14.4 Å². The van der Waals surface area contributed by atoms with Crippen LogP contribution in [-0.4, -0.2) is 59.9 Å². The minimum atomic E-state index is -1.75. The molecule has 1 fully saturated rings. The number of carbonyl (C=O) groups is 3. The van der Waals surface area contributed by atoms with Gasteiger partial charge in [0.2, 0.25) is 0 Å². The number of ether oxygens (including phenoxy) is 3. The van der Waals surface area contributed by atoms with Crippen LogP contribution in [0.5, 0.6) is 5.75 Å². The van der Waals surface area contributed by atoms with Gasteiger partial charge in [0.25, 0.3) is 0 Å². The van der Waals surface area contributed by atoms with Crippen LogP contribution in [0.2, 0.25) is 0 Å². The quantitative estimate of drug-likeness (QED) is 0.303. The van der Waals surface area contributed by atoms with E-state index >= 15 is 0 Å². The second kappa shape index (κ2) is 10.7. The van der Waals surface area contributed by atoms with Gasteiger partial charge >= 0.3 is 17.8 Å². The van der Waals surface area contributed by atoms with Crippen molar-refractivity contribution in [3.8, 4) is 17.1 Å². The van der Waals surface area contributed by atoms with Crippen molar-refractivity contribution in [1.82, 2.24) is 10.1 Å². The molecule has 12 nitrogen and oxygen atoms in total. The fourth-order valence-electron chi connectivity index (χ4n) is 3.97. The number of Topliss-reactive ketones (excluding diaryl/α,β-unsaturated/α-hetero) is 1. The topological polar surface area (TPSA) is 167 Å². The zero-order chi connectivity index (χ0) is 26.6. The van der Waals surface area contributed by atoms with Crippen molar-refractivity contribution in [2.45, 2.75) is 31.4 Å². The number of nitrogens with one attached hydrogen (secondary N) is 1. The Kier molecular flexibility index (Phi) is 7.39. The molecule has 1 aromatic heterocycles. The lowest BCUT2D eigenvalue weighted by molar-refractivity contribution is -0.151. The molecule has 2 atom stereocenters. The van der Waals surface area contributed by atoms with Gasteiger partial charge in [-0.15, -0.1) is 0 Å². The molecule has 1 saturated heterocycles. The number of ketones is 1. The number of esters is 1. The number of benzene rings is 2. The van der Waals surface area contributed by atoms with Crippen molar-refractivity contribution in [2.24, 2.45) is 5.73 Å². The first-order chi connectivity index (χ1) is 17.7. The van der Waals surface area contributed by atoms with Gasteiger partial charge in [-0.2, -0.15) is 0 Å². The average molecular weight is 511 g/mol. The minimum absolute atomic E-state index is 0.00659. The van der Waals surface area contributed by atoms with Crippen LogP contribution >= 0.6 is 0 Å². The summed E-state index contributed by atoms with van der Waals surface area (Å²) >= 11 is 0. The first-order valence-corrected chi connectivity index (χ1v) is 11.5. The Morgan fingerprint density at radius 2 is 1.86 bits per heavy atom. The summed E-state index contributed by atoms with van der Waals surface area (Å²) in [6.07, 6.45) is -0.907. The van der Waals surface area contributed by atoms with Crippen LogP contribution < -0.4 is 21.1 Å². The summed E-state index contributed by atoms with van der Waals surface area (Å²) in [5.41, 5.74) is 6.26. The Labute approximate surface area is 211 Å². The molecule has 0 saturated carbocycles. The van der Waals surface area contributed by atoms with Gasteiger partial charge in [-0.3, -0.25) is 19.2 Å². The zero-order valence-corrected chi connectivity index (χ0v) is 20.3. The molecule has 0 radical (unpaired) electrons. The fraction of sp³-hybridized carbons (Fsp3) is 0.320. The van der Waals surface area contributed by atoms with E-state index in [0.717, 1.165) is 0 Å². The summed E-state index contributed by atoms with van der Waals surface area (Å²) in [5, 5.41) is 3.63. The molecule has 2 unspecified atom stereocenters. The zero-order valence-electron chi connectivity index (χ0n) is 20.3. The molecular weight excluding hydrogens is 484 g/mol. The van der Waals surface area contributed by atoms with Gasteiger partial charge in [0.05, 0.1) is 13.7 Å². The lowest BCUT2D eigenvalue weighted by Crippen LogP contribution is -2.57. The molecule has 3 N–H and O–H groups in total. The molecule has 2 heterocycles. The van der Waals surface area contributed by atoms with E-state index in [9.17, 15) is 19.2 Å². The molecule has 3 aromatic rings. The number of H-pyrrole nitrogens is 1. The smallest absolute Gasteiger partial charge is 0.439 e. The highest BCUT2D eigenvalue weighted by atomic mass is 16.6. The summed E-state index contributed by atoms with van der Waals surface area (Å²) in [7, 11) is 1.19. The van der Waals surface area contributed by atoms with E-state index in [1.54, 1.807) is 55.5 Å². The predicted octanol–water partition coefficient (Wildman–Crippen LogP) is 1.83. The Hall–Kier alpha value is -4.45. The molecular formula is C25H26N4O8. The Balaban J connectivity index is 1.33. The number of aromatic nitrogens is 2. The van der Waals surface area contributed by atoms with E-state index in [0.29, 0.717) is 22.6 Å². The molecule has 1 amide bonds.